The van der Waals surface area contributed by atoms with Gasteiger partial charge in [-0.2, -0.15) is 0 Å². The van der Waals surface area contributed by atoms with E-state index in [1.807, 2.05) is 7.05 Å². The lowest BCUT2D eigenvalue weighted by atomic mass is 9.44. The van der Waals surface area contributed by atoms with Gasteiger partial charge in [-0.1, -0.05) is 25.4 Å². The first kappa shape index (κ1) is 25.5. The van der Waals surface area contributed by atoms with Gasteiger partial charge in [0, 0.05) is 25.6 Å². The molecule has 0 aromatic rings. The fourth-order valence-corrected chi connectivity index (χ4v) is 9.65. The highest BCUT2D eigenvalue weighted by atomic mass is 16.7. The van der Waals surface area contributed by atoms with Crippen molar-refractivity contribution in [1.82, 2.24) is 10.2 Å². The monoisotopic (exact) mass is 487 g/mol. The Kier molecular flexibility index (Phi) is 7.26. The number of nitrogens with one attached hydrogen (secondary N) is 1. The first-order valence-corrected chi connectivity index (χ1v) is 14.6. The van der Waals surface area contributed by atoms with Crippen LogP contribution in [0.4, 0.5) is 4.79 Å². The van der Waals surface area contributed by atoms with Crippen LogP contribution < -0.4 is 5.32 Å². The minimum absolute atomic E-state index is 0.0751. The normalized spacial score (nSPS) is 45.7. The summed E-state index contributed by atoms with van der Waals surface area (Å²) in [7, 11) is 1.82. The summed E-state index contributed by atoms with van der Waals surface area (Å²) < 4.78 is 0. The summed E-state index contributed by atoms with van der Waals surface area (Å²) in [5.41, 5.74) is 1.68. The van der Waals surface area contributed by atoms with E-state index < -0.39 is 0 Å². The number of aliphatic hydroxyl groups is 1. The number of hydrogen-bond donors (Lipinski definition) is 2. The molecule has 0 bridgehead atoms. The largest absolute Gasteiger partial charge is 0.435 e. The molecule has 0 aromatic heterocycles. The topological polar surface area (TPSA) is 74.2 Å². The molecule has 2 N–H and O–H groups in total. The lowest BCUT2D eigenvalue weighted by Gasteiger charge is -2.61. The Morgan fingerprint density at radius 2 is 1.80 bits per heavy atom. The summed E-state index contributed by atoms with van der Waals surface area (Å²) in [5, 5.41) is 18.2. The van der Waals surface area contributed by atoms with E-state index in [4.69, 9.17) is 4.84 Å². The second-order valence-corrected chi connectivity index (χ2v) is 13.4. The molecule has 5 aliphatic rings. The fourth-order valence-electron chi connectivity index (χ4n) is 9.65. The zero-order valence-electron chi connectivity index (χ0n) is 22.6. The van der Waals surface area contributed by atoms with Crippen LogP contribution in [0.1, 0.15) is 97.8 Å². The molecule has 1 unspecified atom stereocenters. The molecule has 6 nitrogen and oxygen atoms in total. The fraction of sp³-hybridized carbons (Fsp3) is 0.931. The van der Waals surface area contributed by atoms with E-state index in [9.17, 15) is 9.90 Å². The molecule has 198 valence electrons. The Balaban J connectivity index is 1.22. The van der Waals surface area contributed by atoms with Crippen molar-refractivity contribution in [2.45, 2.75) is 110 Å². The predicted molar refractivity (Wildman–Crippen MR) is 139 cm³/mol. The molecule has 35 heavy (non-hydrogen) atoms. The highest BCUT2D eigenvalue weighted by Gasteiger charge is 2.60. The number of amides is 1. The van der Waals surface area contributed by atoms with Gasteiger partial charge >= 0.3 is 6.09 Å². The van der Waals surface area contributed by atoms with Gasteiger partial charge in [0.25, 0.3) is 0 Å². The van der Waals surface area contributed by atoms with Crippen LogP contribution in [-0.4, -0.2) is 54.1 Å². The smallest absolute Gasteiger partial charge is 0.393 e. The van der Waals surface area contributed by atoms with Crippen molar-refractivity contribution in [3.63, 3.8) is 0 Å². The quantitative estimate of drug-likeness (QED) is 0.308. The van der Waals surface area contributed by atoms with Crippen molar-refractivity contribution in [3.8, 4) is 0 Å². The number of aliphatic hydroxyl groups excluding tert-OH is 1. The third kappa shape index (κ3) is 4.67. The molecule has 5 fully saturated rings. The summed E-state index contributed by atoms with van der Waals surface area (Å²) in [6.07, 6.45) is 14.0. The van der Waals surface area contributed by atoms with E-state index in [-0.39, 0.29) is 17.6 Å². The Labute approximate surface area is 212 Å². The van der Waals surface area contributed by atoms with Gasteiger partial charge in [0.1, 0.15) is 0 Å². The molecule has 0 aromatic carbocycles. The summed E-state index contributed by atoms with van der Waals surface area (Å²) in [6.45, 7) is 8.86. The van der Waals surface area contributed by atoms with Crippen molar-refractivity contribution in [1.29, 1.82) is 0 Å². The minimum Gasteiger partial charge on any atom is -0.393 e. The maximum atomic E-state index is 12.6. The average Bonchev–Trinajstić information content (AvgIpc) is 3.20. The molecular weight excluding hydrogens is 438 g/mol. The van der Waals surface area contributed by atoms with Gasteiger partial charge in [-0.05, 0) is 119 Å². The maximum Gasteiger partial charge on any atom is 0.435 e. The molecule has 5 rings (SSSR count). The number of fused-ring (bicyclic) bond motifs is 5. The van der Waals surface area contributed by atoms with Crippen LogP contribution in [0.3, 0.4) is 0 Å². The van der Waals surface area contributed by atoms with Crippen molar-refractivity contribution < 1.29 is 14.7 Å². The molecule has 1 heterocycles. The number of carbonyl (C=O) groups excluding carboxylic acids is 1. The van der Waals surface area contributed by atoms with E-state index in [1.54, 1.807) is 4.90 Å². The van der Waals surface area contributed by atoms with Crippen molar-refractivity contribution in [2.75, 3.05) is 20.1 Å². The van der Waals surface area contributed by atoms with Crippen LogP contribution in [0.15, 0.2) is 5.16 Å². The van der Waals surface area contributed by atoms with Crippen molar-refractivity contribution in [2.24, 2.45) is 45.6 Å². The summed E-state index contributed by atoms with van der Waals surface area (Å²) in [5.74, 6) is 3.47. The highest BCUT2D eigenvalue weighted by Crippen LogP contribution is 2.67. The number of oxime groups is 1. The van der Waals surface area contributed by atoms with Gasteiger partial charge in [0.2, 0.25) is 0 Å². The van der Waals surface area contributed by atoms with E-state index in [0.717, 1.165) is 55.7 Å². The third-order valence-electron chi connectivity index (χ3n) is 11.6. The molecule has 0 spiro atoms. The highest BCUT2D eigenvalue weighted by molar-refractivity contribution is 5.85. The Morgan fingerprint density at radius 3 is 2.57 bits per heavy atom. The Bertz CT molecular complexity index is 811. The summed E-state index contributed by atoms with van der Waals surface area (Å²) in [4.78, 5) is 19.8. The van der Waals surface area contributed by atoms with Gasteiger partial charge in [-0.25, -0.2) is 4.79 Å². The number of carbonyl (C=O) groups is 1. The van der Waals surface area contributed by atoms with Crippen molar-refractivity contribution in [3.05, 3.63) is 0 Å². The van der Waals surface area contributed by atoms with Crippen LogP contribution in [0.5, 0.6) is 0 Å². The number of rotatable bonds is 4. The standard InChI is InChI=1S/C29H49N3O3/c1-19(31-35-27(34)32(4)18-21-7-5-6-16-30-21)24-10-11-25-23-9-8-20-17-22(33)12-14-28(20,2)26(23)13-15-29(24,25)3/h20-26,30,33H,5-18H2,1-4H3/b31-19+/t20-,21?,22-,23+,24-,25+,26+,28+,29-/m1/s1. The minimum atomic E-state index is -0.342. The second-order valence-electron chi connectivity index (χ2n) is 13.4. The van der Waals surface area contributed by atoms with Gasteiger partial charge < -0.3 is 15.3 Å². The summed E-state index contributed by atoms with van der Waals surface area (Å²) >= 11 is 0. The van der Waals surface area contributed by atoms with Gasteiger partial charge in [0.05, 0.1) is 11.8 Å². The van der Waals surface area contributed by atoms with E-state index in [2.05, 4.69) is 31.2 Å². The molecule has 1 amide bonds. The average molecular weight is 488 g/mol. The van der Waals surface area contributed by atoms with Gasteiger partial charge in [-0.15, -0.1) is 0 Å². The molecule has 1 saturated heterocycles. The van der Waals surface area contributed by atoms with Crippen LogP contribution in [0, 0.1) is 40.4 Å². The Hall–Kier alpha value is -1.14. The maximum absolute atomic E-state index is 12.6. The zero-order chi connectivity index (χ0) is 24.8. The molecule has 4 saturated carbocycles. The van der Waals surface area contributed by atoms with E-state index >= 15 is 0 Å². The number of piperidine rings is 1. The molecule has 0 radical (unpaired) electrons. The van der Waals surface area contributed by atoms with Gasteiger partial charge in [-0.3, -0.25) is 4.84 Å². The molecule has 4 aliphatic carbocycles. The van der Waals surface area contributed by atoms with Gasteiger partial charge in [0.15, 0.2) is 0 Å². The van der Waals surface area contributed by atoms with Crippen LogP contribution in [0.25, 0.3) is 0 Å². The van der Waals surface area contributed by atoms with Crippen LogP contribution in [-0.2, 0) is 4.84 Å². The van der Waals surface area contributed by atoms with Crippen LogP contribution in [0.2, 0.25) is 0 Å². The summed E-state index contributed by atoms with van der Waals surface area (Å²) in [6, 6.07) is 0.362. The molecule has 1 aliphatic heterocycles. The third-order valence-corrected chi connectivity index (χ3v) is 11.6. The number of nitrogens with zero attached hydrogens (tertiary/aromatic N) is 2. The first-order chi connectivity index (χ1) is 16.7. The second kappa shape index (κ2) is 9.96. The first-order valence-electron chi connectivity index (χ1n) is 14.6. The van der Waals surface area contributed by atoms with E-state index in [0.29, 0.717) is 29.8 Å². The van der Waals surface area contributed by atoms with Crippen LogP contribution >= 0.6 is 0 Å². The lowest BCUT2D eigenvalue weighted by Crippen LogP contribution is -2.54. The molecule has 9 atom stereocenters. The number of hydrogen-bond acceptors (Lipinski definition) is 5. The molecule has 6 heteroatoms. The van der Waals surface area contributed by atoms with Crippen molar-refractivity contribution >= 4 is 11.8 Å². The zero-order valence-corrected chi connectivity index (χ0v) is 22.6. The lowest BCUT2D eigenvalue weighted by molar-refractivity contribution is -0.123. The number of likely N-dealkylation sites (N-methyl/N-ethyl adjacent to an activating group) is 1. The molecular formula is C29H49N3O3. The SMILES string of the molecule is C/C(=N\OC(=O)N(C)CC1CCCCN1)[C@H]1CC[C@H]2[C@@H]3CC[C@@H]4C[C@H](O)CC[C@]4(C)[C@H]3CC[C@]12C. The Morgan fingerprint density at radius 1 is 1.03 bits per heavy atom. The van der Waals surface area contributed by atoms with E-state index in [1.165, 1.54) is 51.4 Å². The predicted octanol–water partition coefficient (Wildman–Crippen LogP) is 5.59.